The first-order valence-corrected chi connectivity index (χ1v) is 10.4. The Morgan fingerprint density at radius 1 is 1.23 bits per heavy atom. The van der Waals surface area contributed by atoms with E-state index < -0.39 is 0 Å². The third-order valence-corrected chi connectivity index (χ3v) is 6.25. The van der Waals surface area contributed by atoms with Gasteiger partial charge in [-0.25, -0.2) is 4.98 Å². The number of aryl methyl sites for hydroxylation is 3. The first-order valence-electron chi connectivity index (χ1n) is 10.4. The smallest absolute Gasteiger partial charge is 0.130 e. The van der Waals surface area contributed by atoms with Crippen LogP contribution in [0, 0.1) is 12.8 Å². The molecule has 140 valence electrons. The summed E-state index contributed by atoms with van der Waals surface area (Å²) < 4.78 is 0. The zero-order chi connectivity index (χ0) is 18.3. The van der Waals surface area contributed by atoms with E-state index in [0.29, 0.717) is 6.04 Å². The summed E-state index contributed by atoms with van der Waals surface area (Å²) in [6.45, 7) is 9.22. The van der Waals surface area contributed by atoms with Gasteiger partial charge in [0.1, 0.15) is 5.82 Å². The third-order valence-electron chi connectivity index (χ3n) is 6.25. The molecule has 1 aliphatic carbocycles. The second kappa shape index (κ2) is 7.19. The van der Waals surface area contributed by atoms with Gasteiger partial charge in [0, 0.05) is 18.0 Å². The minimum absolute atomic E-state index is 0.425. The van der Waals surface area contributed by atoms with Gasteiger partial charge >= 0.3 is 0 Å². The number of nitrogens with zero attached hydrogens (tertiary/aromatic N) is 2. The molecule has 0 radical (unpaired) electrons. The Morgan fingerprint density at radius 2 is 2.04 bits per heavy atom. The summed E-state index contributed by atoms with van der Waals surface area (Å²) in [7, 11) is 2.25. The van der Waals surface area contributed by atoms with Crippen LogP contribution in [0.4, 0.5) is 5.82 Å². The van der Waals surface area contributed by atoms with Gasteiger partial charge in [0.25, 0.3) is 0 Å². The lowest BCUT2D eigenvalue weighted by atomic mass is 9.93. The maximum atomic E-state index is 5.06. The average molecular weight is 352 g/mol. The summed E-state index contributed by atoms with van der Waals surface area (Å²) in [5, 5.41) is 4.99. The molecular weight excluding hydrogens is 318 g/mol. The Kier molecular flexibility index (Phi) is 4.92. The number of fused-ring (bicyclic) bond motifs is 3. The number of rotatable bonds is 5. The maximum absolute atomic E-state index is 5.06. The highest BCUT2D eigenvalue weighted by Gasteiger charge is 2.22. The van der Waals surface area contributed by atoms with E-state index in [0.717, 1.165) is 11.7 Å². The Morgan fingerprint density at radius 3 is 2.77 bits per heavy atom. The van der Waals surface area contributed by atoms with Gasteiger partial charge in [-0.15, -0.1) is 0 Å². The SMILES string of the molecule is Cc1cc2c3c(c(NC(C)C)nc2cc1CCC1CCN(C)C1)CCC3. The number of hydrogen-bond donors (Lipinski definition) is 1. The average Bonchev–Trinajstić information content (AvgIpc) is 3.22. The van der Waals surface area contributed by atoms with E-state index in [4.69, 9.17) is 4.98 Å². The van der Waals surface area contributed by atoms with Crippen molar-refractivity contribution in [2.45, 2.75) is 65.3 Å². The van der Waals surface area contributed by atoms with Crippen LogP contribution in [0.1, 0.15) is 55.4 Å². The molecular formula is C23H33N3. The van der Waals surface area contributed by atoms with Gasteiger partial charge < -0.3 is 10.2 Å². The number of aromatic nitrogens is 1. The van der Waals surface area contributed by atoms with E-state index in [9.17, 15) is 0 Å². The van der Waals surface area contributed by atoms with Gasteiger partial charge in [-0.1, -0.05) is 0 Å². The van der Waals surface area contributed by atoms with Crippen molar-refractivity contribution in [2.75, 3.05) is 25.5 Å². The van der Waals surface area contributed by atoms with Crippen LogP contribution in [0.2, 0.25) is 0 Å². The summed E-state index contributed by atoms with van der Waals surface area (Å²) in [4.78, 5) is 7.53. The van der Waals surface area contributed by atoms with Crippen LogP contribution in [0.25, 0.3) is 10.9 Å². The number of anilines is 1. The molecule has 1 N–H and O–H groups in total. The molecule has 1 aromatic carbocycles. The number of hydrogen-bond acceptors (Lipinski definition) is 3. The van der Waals surface area contributed by atoms with Crippen molar-refractivity contribution in [3.05, 3.63) is 34.4 Å². The van der Waals surface area contributed by atoms with Gasteiger partial charge in [-0.2, -0.15) is 0 Å². The normalized spacial score (nSPS) is 20.3. The Bertz CT molecular complexity index is 809. The molecule has 3 heteroatoms. The van der Waals surface area contributed by atoms with Crippen LogP contribution in [0.3, 0.4) is 0 Å². The number of nitrogens with one attached hydrogen (secondary N) is 1. The molecule has 0 amide bonds. The molecule has 1 unspecified atom stereocenters. The van der Waals surface area contributed by atoms with E-state index in [1.54, 1.807) is 5.56 Å². The van der Waals surface area contributed by atoms with Crippen LogP contribution >= 0.6 is 0 Å². The van der Waals surface area contributed by atoms with Crippen molar-refractivity contribution < 1.29 is 0 Å². The molecule has 1 fully saturated rings. The number of pyridine rings is 1. The van der Waals surface area contributed by atoms with Crippen molar-refractivity contribution in [1.29, 1.82) is 0 Å². The molecule has 1 aromatic heterocycles. The Balaban J connectivity index is 1.65. The molecule has 2 heterocycles. The number of benzene rings is 1. The van der Waals surface area contributed by atoms with Crippen LogP contribution in [0.15, 0.2) is 12.1 Å². The van der Waals surface area contributed by atoms with E-state index in [1.165, 1.54) is 79.2 Å². The molecule has 3 nitrogen and oxygen atoms in total. The van der Waals surface area contributed by atoms with Crippen LogP contribution in [-0.2, 0) is 19.3 Å². The maximum Gasteiger partial charge on any atom is 0.130 e. The van der Waals surface area contributed by atoms with E-state index in [1.807, 2.05) is 0 Å². The van der Waals surface area contributed by atoms with Crippen molar-refractivity contribution in [3.8, 4) is 0 Å². The van der Waals surface area contributed by atoms with Crippen molar-refractivity contribution in [2.24, 2.45) is 5.92 Å². The van der Waals surface area contributed by atoms with E-state index >= 15 is 0 Å². The second-order valence-electron chi connectivity index (χ2n) is 8.82. The molecule has 2 aromatic rings. The second-order valence-corrected chi connectivity index (χ2v) is 8.82. The fraction of sp³-hybridized carbons (Fsp3) is 0.609. The highest BCUT2D eigenvalue weighted by Crippen LogP contribution is 2.35. The fourth-order valence-electron chi connectivity index (χ4n) is 4.85. The Hall–Kier alpha value is -1.61. The Labute approximate surface area is 158 Å². The van der Waals surface area contributed by atoms with Crippen LogP contribution in [-0.4, -0.2) is 36.1 Å². The van der Waals surface area contributed by atoms with Gasteiger partial charge in [0.15, 0.2) is 0 Å². The first kappa shape index (κ1) is 17.8. The van der Waals surface area contributed by atoms with Crippen LogP contribution in [0.5, 0.6) is 0 Å². The van der Waals surface area contributed by atoms with Crippen molar-refractivity contribution in [1.82, 2.24) is 9.88 Å². The molecule has 1 aliphatic heterocycles. The highest BCUT2D eigenvalue weighted by atomic mass is 15.1. The molecule has 4 rings (SSSR count). The van der Waals surface area contributed by atoms with Crippen molar-refractivity contribution >= 4 is 16.7 Å². The molecule has 0 saturated carbocycles. The van der Waals surface area contributed by atoms with Gasteiger partial charge in [-0.3, -0.25) is 0 Å². The lowest BCUT2D eigenvalue weighted by molar-refractivity contribution is 0.388. The molecule has 1 saturated heterocycles. The summed E-state index contributed by atoms with van der Waals surface area (Å²) in [6, 6.07) is 5.23. The molecule has 0 spiro atoms. The predicted octanol–water partition coefficient (Wildman–Crippen LogP) is 4.74. The largest absolute Gasteiger partial charge is 0.368 e. The standard InChI is InChI=1S/C23H33N3/c1-15(2)24-23-20-7-5-6-19(20)21-12-16(3)18(13-22(21)25-23)9-8-17-10-11-26(4)14-17/h12-13,15,17H,5-11,14H2,1-4H3,(H,24,25). The summed E-state index contributed by atoms with van der Waals surface area (Å²) in [5.41, 5.74) is 7.15. The van der Waals surface area contributed by atoms with Gasteiger partial charge in [0.05, 0.1) is 5.52 Å². The number of likely N-dealkylation sites (tertiary alicyclic amines) is 1. The zero-order valence-electron chi connectivity index (χ0n) is 16.9. The van der Waals surface area contributed by atoms with E-state index in [-0.39, 0.29) is 0 Å². The monoisotopic (exact) mass is 351 g/mol. The topological polar surface area (TPSA) is 28.2 Å². The summed E-state index contributed by atoms with van der Waals surface area (Å²) in [6.07, 6.45) is 7.48. The van der Waals surface area contributed by atoms with E-state index in [2.05, 4.69) is 50.2 Å². The molecule has 26 heavy (non-hydrogen) atoms. The minimum Gasteiger partial charge on any atom is -0.368 e. The minimum atomic E-state index is 0.425. The van der Waals surface area contributed by atoms with Crippen LogP contribution < -0.4 is 5.32 Å². The third kappa shape index (κ3) is 3.46. The molecule has 0 bridgehead atoms. The van der Waals surface area contributed by atoms with Gasteiger partial charge in [-0.05, 0) is 113 Å². The summed E-state index contributed by atoms with van der Waals surface area (Å²) >= 11 is 0. The van der Waals surface area contributed by atoms with Gasteiger partial charge in [0.2, 0.25) is 0 Å². The summed E-state index contributed by atoms with van der Waals surface area (Å²) in [5.74, 6) is 1.99. The zero-order valence-corrected chi connectivity index (χ0v) is 16.9. The highest BCUT2D eigenvalue weighted by molar-refractivity contribution is 5.88. The quantitative estimate of drug-likeness (QED) is 0.843. The first-order chi connectivity index (χ1) is 12.5. The van der Waals surface area contributed by atoms with Crippen molar-refractivity contribution in [3.63, 3.8) is 0 Å². The molecule has 2 aliphatic rings. The lowest BCUT2D eigenvalue weighted by Gasteiger charge is -2.17. The fourth-order valence-corrected chi connectivity index (χ4v) is 4.85. The lowest BCUT2D eigenvalue weighted by Crippen LogP contribution is -2.14. The predicted molar refractivity (Wildman–Crippen MR) is 111 cm³/mol. The molecule has 1 atom stereocenters.